The summed E-state index contributed by atoms with van der Waals surface area (Å²) in [6.45, 7) is 6.62. The van der Waals surface area contributed by atoms with Gasteiger partial charge in [0.15, 0.2) is 5.79 Å². The van der Waals surface area contributed by atoms with Gasteiger partial charge in [0.05, 0.1) is 12.9 Å². The molecule has 3 heteroatoms. The van der Waals surface area contributed by atoms with E-state index in [0.717, 1.165) is 0 Å². The van der Waals surface area contributed by atoms with Gasteiger partial charge in [-0.15, -0.1) is 0 Å². The van der Waals surface area contributed by atoms with Crippen molar-refractivity contribution in [3.63, 3.8) is 0 Å². The molecule has 0 radical (unpaired) electrons. The Bertz CT molecular complexity index is 222. The van der Waals surface area contributed by atoms with Crippen LogP contribution < -0.4 is 0 Å². The summed E-state index contributed by atoms with van der Waals surface area (Å²) < 4.78 is 16.7. The Morgan fingerprint density at radius 3 is 2.62 bits per heavy atom. The monoisotopic (exact) mass is 184 g/mol. The molecule has 0 aromatic carbocycles. The minimum atomic E-state index is -0.448. The summed E-state index contributed by atoms with van der Waals surface area (Å²) in [4.78, 5) is 0. The first-order chi connectivity index (χ1) is 6.08. The van der Waals surface area contributed by atoms with Crippen molar-refractivity contribution in [1.29, 1.82) is 0 Å². The maximum absolute atomic E-state index is 5.72. The lowest BCUT2D eigenvalue weighted by molar-refractivity contribution is -0.152. The summed E-state index contributed by atoms with van der Waals surface area (Å²) in [6.07, 6.45) is 4.00. The molecule has 0 bridgehead atoms. The molecule has 0 unspecified atom stereocenters. The van der Waals surface area contributed by atoms with E-state index in [2.05, 4.69) is 13.0 Å². The third-order valence-electron chi connectivity index (χ3n) is 2.53. The van der Waals surface area contributed by atoms with Crippen molar-refractivity contribution in [2.24, 2.45) is 5.92 Å². The van der Waals surface area contributed by atoms with Gasteiger partial charge in [-0.1, -0.05) is 6.92 Å². The zero-order valence-corrected chi connectivity index (χ0v) is 8.32. The average molecular weight is 184 g/mol. The fourth-order valence-electron chi connectivity index (χ4n) is 1.80. The smallest absolute Gasteiger partial charge is 0.163 e. The zero-order valence-electron chi connectivity index (χ0n) is 8.32. The van der Waals surface area contributed by atoms with Gasteiger partial charge in [-0.25, -0.2) is 0 Å². The first-order valence-electron chi connectivity index (χ1n) is 4.72. The normalized spacial score (nSPS) is 42.2. The highest BCUT2D eigenvalue weighted by atomic mass is 16.7. The third-order valence-corrected chi connectivity index (χ3v) is 2.53. The molecule has 2 aliphatic heterocycles. The first-order valence-corrected chi connectivity index (χ1v) is 4.72. The molecular formula is C10H16O3. The van der Waals surface area contributed by atoms with Gasteiger partial charge in [0.25, 0.3) is 0 Å². The standard InChI is InChI=1S/C10H16O3/c1-7-4-5-11-9(7)8-6-12-10(2,3)13-8/h4-5,7-9H,6H2,1-3H3/t7-,8-,9+/m1/s1. The molecule has 13 heavy (non-hydrogen) atoms. The molecule has 0 spiro atoms. The predicted molar refractivity (Wildman–Crippen MR) is 48.1 cm³/mol. The first kappa shape index (κ1) is 9.03. The molecule has 1 saturated heterocycles. The molecule has 74 valence electrons. The second-order valence-electron chi connectivity index (χ2n) is 4.16. The van der Waals surface area contributed by atoms with Crippen LogP contribution in [0.1, 0.15) is 20.8 Å². The van der Waals surface area contributed by atoms with Crippen LogP contribution in [0.2, 0.25) is 0 Å². The Labute approximate surface area is 78.7 Å². The Hall–Kier alpha value is -0.540. The van der Waals surface area contributed by atoms with Crippen molar-refractivity contribution in [2.75, 3.05) is 6.61 Å². The van der Waals surface area contributed by atoms with Crippen molar-refractivity contribution in [3.8, 4) is 0 Å². The van der Waals surface area contributed by atoms with Crippen LogP contribution in [-0.2, 0) is 14.2 Å². The number of hydrogen-bond donors (Lipinski definition) is 0. The van der Waals surface area contributed by atoms with E-state index in [9.17, 15) is 0 Å². The van der Waals surface area contributed by atoms with Crippen molar-refractivity contribution in [2.45, 2.75) is 38.8 Å². The zero-order chi connectivity index (χ0) is 9.47. The Morgan fingerprint density at radius 2 is 2.15 bits per heavy atom. The van der Waals surface area contributed by atoms with Gasteiger partial charge in [-0.2, -0.15) is 0 Å². The summed E-state index contributed by atoms with van der Waals surface area (Å²) in [5, 5.41) is 0. The second kappa shape index (κ2) is 3.00. The molecule has 0 aromatic rings. The molecule has 0 aliphatic carbocycles. The lowest BCUT2D eigenvalue weighted by Gasteiger charge is -2.23. The van der Waals surface area contributed by atoms with E-state index in [1.165, 1.54) is 0 Å². The Balaban J connectivity index is 1.97. The van der Waals surface area contributed by atoms with Gasteiger partial charge >= 0.3 is 0 Å². The summed E-state index contributed by atoms with van der Waals surface area (Å²) in [6, 6.07) is 0. The van der Waals surface area contributed by atoms with Gasteiger partial charge in [0, 0.05) is 5.92 Å². The van der Waals surface area contributed by atoms with E-state index in [4.69, 9.17) is 14.2 Å². The number of rotatable bonds is 1. The molecule has 0 saturated carbocycles. The molecule has 2 aliphatic rings. The summed E-state index contributed by atoms with van der Waals surface area (Å²) in [5.41, 5.74) is 0. The minimum Gasteiger partial charge on any atom is -0.495 e. The molecule has 2 heterocycles. The van der Waals surface area contributed by atoms with Crippen LogP contribution in [0.4, 0.5) is 0 Å². The highest BCUT2D eigenvalue weighted by Crippen LogP contribution is 2.30. The van der Waals surface area contributed by atoms with E-state index in [1.807, 2.05) is 13.8 Å². The van der Waals surface area contributed by atoms with Gasteiger partial charge in [-0.3, -0.25) is 0 Å². The molecule has 1 fully saturated rings. The molecule has 2 rings (SSSR count). The van der Waals surface area contributed by atoms with Crippen LogP contribution in [-0.4, -0.2) is 24.6 Å². The number of hydrogen-bond acceptors (Lipinski definition) is 3. The van der Waals surface area contributed by atoms with E-state index < -0.39 is 5.79 Å². The summed E-state index contributed by atoms with van der Waals surface area (Å²) >= 11 is 0. The Kier molecular flexibility index (Phi) is 2.08. The summed E-state index contributed by atoms with van der Waals surface area (Å²) in [7, 11) is 0. The van der Waals surface area contributed by atoms with Crippen LogP contribution >= 0.6 is 0 Å². The molecule has 0 amide bonds. The van der Waals surface area contributed by atoms with Gasteiger partial charge in [0.1, 0.15) is 12.2 Å². The Morgan fingerprint density at radius 1 is 1.38 bits per heavy atom. The highest BCUT2D eigenvalue weighted by molar-refractivity contribution is 4.97. The molecule has 0 aromatic heterocycles. The van der Waals surface area contributed by atoms with Crippen molar-refractivity contribution in [3.05, 3.63) is 12.3 Å². The van der Waals surface area contributed by atoms with Crippen LogP contribution in [0.5, 0.6) is 0 Å². The SMILES string of the molecule is C[C@@H]1C=CO[C@@H]1[C@H]1COC(C)(C)O1. The topological polar surface area (TPSA) is 27.7 Å². The van der Waals surface area contributed by atoms with Gasteiger partial charge in [-0.05, 0) is 19.9 Å². The fraction of sp³-hybridized carbons (Fsp3) is 0.800. The van der Waals surface area contributed by atoms with Crippen LogP contribution in [0.3, 0.4) is 0 Å². The summed E-state index contributed by atoms with van der Waals surface area (Å²) in [5.74, 6) is -0.0291. The lowest BCUT2D eigenvalue weighted by atomic mass is 10.0. The van der Waals surface area contributed by atoms with Crippen molar-refractivity contribution >= 4 is 0 Å². The van der Waals surface area contributed by atoms with Crippen LogP contribution in [0, 0.1) is 5.92 Å². The van der Waals surface area contributed by atoms with Crippen molar-refractivity contribution in [1.82, 2.24) is 0 Å². The quantitative estimate of drug-likeness (QED) is 0.620. The van der Waals surface area contributed by atoms with Gasteiger partial charge in [0.2, 0.25) is 0 Å². The third kappa shape index (κ3) is 1.71. The van der Waals surface area contributed by atoms with E-state index in [1.54, 1.807) is 6.26 Å². The number of ether oxygens (including phenoxy) is 3. The van der Waals surface area contributed by atoms with Crippen molar-refractivity contribution < 1.29 is 14.2 Å². The maximum Gasteiger partial charge on any atom is 0.163 e. The molecule has 0 N–H and O–H groups in total. The minimum absolute atomic E-state index is 0.0694. The van der Waals surface area contributed by atoms with Gasteiger partial charge < -0.3 is 14.2 Å². The van der Waals surface area contributed by atoms with Crippen LogP contribution in [0.25, 0.3) is 0 Å². The van der Waals surface area contributed by atoms with E-state index >= 15 is 0 Å². The molecule has 3 atom stereocenters. The average Bonchev–Trinajstić information content (AvgIpc) is 2.56. The molecular weight excluding hydrogens is 168 g/mol. The fourth-order valence-corrected chi connectivity index (χ4v) is 1.80. The lowest BCUT2D eigenvalue weighted by Crippen LogP contribution is -2.33. The van der Waals surface area contributed by atoms with E-state index in [0.29, 0.717) is 12.5 Å². The largest absolute Gasteiger partial charge is 0.495 e. The van der Waals surface area contributed by atoms with Crippen LogP contribution in [0.15, 0.2) is 12.3 Å². The maximum atomic E-state index is 5.72. The second-order valence-corrected chi connectivity index (χ2v) is 4.16. The highest BCUT2D eigenvalue weighted by Gasteiger charge is 2.41. The predicted octanol–water partition coefficient (Wildman–Crippen LogP) is 1.69. The van der Waals surface area contributed by atoms with E-state index in [-0.39, 0.29) is 12.2 Å². The molecule has 3 nitrogen and oxygen atoms in total.